The average Bonchev–Trinajstić information content (AvgIpc) is 2.62. The average molecular weight is 329 g/mol. The molecule has 1 saturated heterocycles. The molecule has 2 aliphatic rings. The van der Waals surface area contributed by atoms with Gasteiger partial charge in [0.1, 0.15) is 29.1 Å². The standard InChI is InChI=1S/C18H23N3O3/c1-3-22-13-8-9-14(23-4-2)16-15(13)19-17-18(20-16)24-11-12-7-5-6-10-21(12)17/h8-9,12H,3-7,10-11H2,1-2H3. The van der Waals surface area contributed by atoms with Gasteiger partial charge >= 0.3 is 0 Å². The fourth-order valence-electron chi connectivity index (χ4n) is 3.52. The van der Waals surface area contributed by atoms with Crippen LogP contribution in [0, 0.1) is 0 Å². The molecule has 0 amide bonds. The third-order valence-corrected chi connectivity index (χ3v) is 4.61. The zero-order chi connectivity index (χ0) is 16.5. The lowest BCUT2D eigenvalue weighted by Gasteiger charge is -2.40. The Kier molecular flexibility index (Phi) is 4.04. The number of hydrogen-bond donors (Lipinski definition) is 0. The highest BCUT2D eigenvalue weighted by atomic mass is 16.5. The number of nitrogens with zero attached hydrogens (tertiary/aromatic N) is 3. The summed E-state index contributed by atoms with van der Waals surface area (Å²) in [5, 5.41) is 0. The van der Waals surface area contributed by atoms with Gasteiger partial charge in [0.2, 0.25) is 0 Å². The van der Waals surface area contributed by atoms with Crippen molar-refractivity contribution in [2.24, 2.45) is 0 Å². The molecule has 1 unspecified atom stereocenters. The van der Waals surface area contributed by atoms with Crippen molar-refractivity contribution in [2.45, 2.75) is 39.2 Å². The van der Waals surface area contributed by atoms with Gasteiger partial charge in [-0.05, 0) is 45.2 Å². The Hall–Kier alpha value is -2.24. The van der Waals surface area contributed by atoms with Gasteiger partial charge in [-0.25, -0.2) is 9.97 Å². The molecule has 3 heterocycles. The number of anilines is 1. The monoisotopic (exact) mass is 329 g/mol. The van der Waals surface area contributed by atoms with Gasteiger partial charge in [-0.2, -0.15) is 0 Å². The first-order chi connectivity index (χ1) is 11.8. The molecule has 0 saturated carbocycles. The number of hydrogen-bond acceptors (Lipinski definition) is 6. The molecule has 2 aromatic rings. The van der Waals surface area contributed by atoms with Crippen molar-refractivity contribution in [3.63, 3.8) is 0 Å². The summed E-state index contributed by atoms with van der Waals surface area (Å²) in [6.07, 6.45) is 3.59. The summed E-state index contributed by atoms with van der Waals surface area (Å²) in [6.45, 7) is 6.79. The third kappa shape index (κ3) is 2.50. The van der Waals surface area contributed by atoms with Crippen molar-refractivity contribution in [3.8, 4) is 17.4 Å². The normalized spacial score (nSPS) is 19.4. The van der Waals surface area contributed by atoms with Crippen LogP contribution in [0.2, 0.25) is 0 Å². The lowest BCUT2D eigenvalue weighted by atomic mass is 10.0. The summed E-state index contributed by atoms with van der Waals surface area (Å²) < 4.78 is 17.4. The smallest absolute Gasteiger partial charge is 0.258 e. The van der Waals surface area contributed by atoms with Crippen LogP contribution in [0.3, 0.4) is 0 Å². The van der Waals surface area contributed by atoms with E-state index in [-0.39, 0.29) is 0 Å². The van der Waals surface area contributed by atoms with Crippen molar-refractivity contribution in [1.82, 2.24) is 9.97 Å². The zero-order valence-corrected chi connectivity index (χ0v) is 14.2. The number of aromatic nitrogens is 2. The van der Waals surface area contributed by atoms with Crippen LogP contribution < -0.4 is 19.1 Å². The molecule has 128 valence electrons. The molecule has 1 fully saturated rings. The highest BCUT2D eigenvalue weighted by Gasteiger charge is 2.33. The molecule has 6 nitrogen and oxygen atoms in total. The molecule has 1 aromatic heterocycles. The molecule has 0 bridgehead atoms. The van der Waals surface area contributed by atoms with E-state index < -0.39 is 0 Å². The van der Waals surface area contributed by atoms with Gasteiger partial charge in [-0.15, -0.1) is 0 Å². The molecule has 1 aromatic carbocycles. The Bertz CT molecular complexity index is 750. The Morgan fingerprint density at radius 1 is 1.08 bits per heavy atom. The predicted molar refractivity (Wildman–Crippen MR) is 92.4 cm³/mol. The predicted octanol–water partition coefficient (Wildman–Crippen LogP) is 3.18. The first kappa shape index (κ1) is 15.3. The Labute approximate surface area is 141 Å². The quantitative estimate of drug-likeness (QED) is 0.859. The summed E-state index contributed by atoms with van der Waals surface area (Å²) >= 11 is 0. The molecular weight excluding hydrogens is 306 g/mol. The van der Waals surface area contributed by atoms with Crippen LogP contribution in [0.1, 0.15) is 33.1 Å². The summed E-state index contributed by atoms with van der Waals surface area (Å²) in [5.74, 6) is 2.91. The molecule has 2 aliphatic heterocycles. The zero-order valence-electron chi connectivity index (χ0n) is 14.2. The second-order valence-electron chi connectivity index (χ2n) is 6.13. The van der Waals surface area contributed by atoms with Gasteiger partial charge < -0.3 is 19.1 Å². The van der Waals surface area contributed by atoms with Gasteiger partial charge in [0, 0.05) is 6.54 Å². The molecule has 0 N–H and O–H groups in total. The molecular formula is C18H23N3O3. The number of benzene rings is 1. The van der Waals surface area contributed by atoms with Gasteiger partial charge in [0.25, 0.3) is 5.88 Å². The molecule has 0 aliphatic carbocycles. The van der Waals surface area contributed by atoms with E-state index >= 15 is 0 Å². The van der Waals surface area contributed by atoms with E-state index in [9.17, 15) is 0 Å². The molecule has 0 spiro atoms. The molecule has 4 rings (SSSR count). The number of rotatable bonds is 4. The summed E-state index contributed by atoms with van der Waals surface area (Å²) in [6, 6.07) is 4.21. The lowest BCUT2D eigenvalue weighted by molar-refractivity contribution is 0.230. The van der Waals surface area contributed by atoms with Crippen molar-refractivity contribution in [2.75, 3.05) is 31.3 Å². The second kappa shape index (κ2) is 6.34. The van der Waals surface area contributed by atoms with Crippen LogP contribution >= 0.6 is 0 Å². The van der Waals surface area contributed by atoms with Crippen LogP contribution in [0.25, 0.3) is 11.0 Å². The topological polar surface area (TPSA) is 56.7 Å². The first-order valence-electron chi connectivity index (χ1n) is 8.81. The lowest BCUT2D eigenvalue weighted by Crippen LogP contribution is -2.46. The maximum Gasteiger partial charge on any atom is 0.258 e. The van der Waals surface area contributed by atoms with E-state index in [2.05, 4.69) is 4.90 Å². The minimum absolute atomic E-state index is 0.406. The van der Waals surface area contributed by atoms with Crippen LogP contribution in [-0.2, 0) is 0 Å². The summed E-state index contributed by atoms with van der Waals surface area (Å²) in [7, 11) is 0. The second-order valence-corrected chi connectivity index (χ2v) is 6.13. The van der Waals surface area contributed by atoms with Crippen molar-refractivity contribution >= 4 is 16.9 Å². The molecule has 0 radical (unpaired) electrons. The minimum atomic E-state index is 0.406. The fourth-order valence-corrected chi connectivity index (χ4v) is 3.52. The van der Waals surface area contributed by atoms with Crippen molar-refractivity contribution < 1.29 is 14.2 Å². The van der Waals surface area contributed by atoms with E-state index in [0.29, 0.717) is 37.3 Å². The molecule has 24 heavy (non-hydrogen) atoms. The van der Waals surface area contributed by atoms with E-state index in [0.717, 1.165) is 35.8 Å². The maximum absolute atomic E-state index is 5.92. The highest BCUT2D eigenvalue weighted by Crippen LogP contribution is 2.39. The third-order valence-electron chi connectivity index (χ3n) is 4.61. The van der Waals surface area contributed by atoms with Crippen LogP contribution in [0.15, 0.2) is 12.1 Å². The van der Waals surface area contributed by atoms with Crippen LogP contribution in [0.4, 0.5) is 5.82 Å². The first-order valence-corrected chi connectivity index (χ1v) is 8.81. The number of fused-ring (bicyclic) bond motifs is 4. The Balaban J connectivity index is 1.88. The SMILES string of the molecule is CCOc1ccc(OCC)c2nc3c(nc12)OCC1CCCCN31. The Morgan fingerprint density at radius 3 is 2.50 bits per heavy atom. The molecule has 1 atom stereocenters. The van der Waals surface area contributed by atoms with E-state index in [1.54, 1.807) is 0 Å². The maximum atomic E-state index is 5.92. The largest absolute Gasteiger partial charge is 0.492 e. The van der Waals surface area contributed by atoms with Crippen LogP contribution in [-0.4, -0.2) is 42.4 Å². The summed E-state index contributed by atoms with van der Waals surface area (Å²) in [4.78, 5) is 12.0. The fraction of sp³-hybridized carbons (Fsp3) is 0.556. The van der Waals surface area contributed by atoms with Gasteiger partial charge in [0.05, 0.1) is 19.3 Å². The molecule has 6 heteroatoms. The van der Waals surface area contributed by atoms with Crippen LogP contribution in [0.5, 0.6) is 17.4 Å². The minimum Gasteiger partial charge on any atom is -0.492 e. The van der Waals surface area contributed by atoms with Gasteiger partial charge in [-0.3, -0.25) is 0 Å². The Morgan fingerprint density at radius 2 is 1.79 bits per heavy atom. The van der Waals surface area contributed by atoms with Gasteiger partial charge in [-0.1, -0.05) is 0 Å². The van der Waals surface area contributed by atoms with Gasteiger partial charge in [0.15, 0.2) is 5.82 Å². The van der Waals surface area contributed by atoms with E-state index in [1.165, 1.54) is 12.8 Å². The van der Waals surface area contributed by atoms with Crippen molar-refractivity contribution in [3.05, 3.63) is 12.1 Å². The summed E-state index contributed by atoms with van der Waals surface area (Å²) in [5.41, 5.74) is 1.45. The van der Waals surface area contributed by atoms with E-state index in [1.807, 2.05) is 26.0 Å². The highest BCUT2D eigenvalue weighted by molar-refractivity contribution is 5.88. The van der Waals surface area contributed by atoms with Crippen molar-refractivity contribution in [1.29, 1.82) is 0 Å². The number of ether oxygens (including phenoxy) is 3. The number of piperidine rings is 1. The van der Waals surface area contributed by atoms with E-state index in [4.69, 9.17) is 24.2 Å².